The summed E-state index contributed by atoms with van der Waals surface area (Å²) in [6, 6.07) is 10.3. The highest BCUT2D eigenvalue weighted by atomic mass is 32.2. The molecule has 0 fully saturated rings. The Labute approximate surface area is 169 Å². The zero-order chi connectivity index (χ0) is 20.5. The summed E-state index contributed by atoms with van der Waals surface area (Å²) in [6.45, 7) is 5.65. The van der Waals surface area contributed by atoms with Crippen LogP contribution in [0.1, 0.15) is 24.5 Å². The number of anilines is 2. The quantitative estimate of drug-likeness (QED) is 0.775. The molecule has 8 heteroatoms. The fourth-order valence-electron chi connectivity index (χ4n) is 2.83. The molecular weight excluding hydrogens is 396 g/mol. The van der Waals surface area contributed by atoms with Crippen LogP contribution >= 0.6 is 11.8 Å². The van der Waals surface area contributed by atoms with Gasteiger partial charge >= 0.3 is 0 Å². The minimum absolute atomic E-state index is 0.0984. The summed E-state index contributed by atoms with van der Waals surface area (Å²) in [7, 11) is -3.65. The number of aryl methyl sites for hydroxylation is 1. The molecule has 0 radical (unpaired) electrons. The van der Waals surface area contributed by atoms with Gasteiger partial charge in [0.25, 0.3) is 0 Å². The van der Waals surface area contributed by atoms with E-state index in [9.17, 15) is 18.0 Å². The molecule has 3 rings (SSSR count). The smallest absolute Gasteiger partial charge is 0.237 e. The molecule has 0 bridgehead atoms. The van der Waals surface area contributed by atoms with Crippen molar-refractivity contribution < 1.29 is 18.0 Å². The summed E-state index contributed by atoms with van der Waals surface area (Å²) >= 11 is 1.39. The molecule has 1 heterocycles. The molecule has 1 unspecified atom stereocenters. The number of thioether (sulfide) groups is 1. The summed E-state index contributed by atoms with van der Waals surface area (Å²) in [5, 5.41) is 5.28. The molecule has 28 heavy (non-hydrogen) atoms. The number of hydrogen-bond acceptors (Lipinski definition) is 5. The zero-order valence-electron chi connectivity index (χ0n) is 15.9. The Hall–Kier alpha value is -2.32. The van der Waals surface area contributed by atoms with E-state index in [1.807, 2.05) is 26.0 Å². The monoisotopic (exact) mass is 418 g/mol. The van der Waals surface area contributed by atoms with E-state index in [2.05, 4.69) is 10.6 Å². The van der Waals surface area contributed by atoms with E-state index >= 15 is 0 Å². The van der Waals surface area contributed by atoms with Crippen LogP contribution in [0.5, 0.6) is 0 Å². The first kappa shape index (κ1) is 20.4. The molecule has 2 amide bonds. The fraction of sp³-hybridized carbons (Fsp3) is 0.300. The number of sulfone groups is 1. The van der Waals surface area contributed by atoms with Crippen LogP contribution in [0.3, 0.4) is 0 Å². The highest BCUT2D eigenvalue weighted by Gasteiger charge is 2.25. The summed E-state index contributed by atoms with van der Waals surface area (Å²) in [4.78, 5) is 25.0. The first-order chi connectivity index (χ1) is 13.2. The van der Waals surface area contributed by atoms with Gasteiger partial charge in [0.15, 0.2) is 9.84 Å². The molecule has 2 N–H and O–H groups in total. The lowest BCUT2D eigenvalue weighted by molar-refractivity contribution is -0.116. The number of hydrogen-bond donors (Lipinski definition) is 2. The van der Waals surface area contributed by atoms with E-state index < -0.39 is 9.84 Å². The molecule has 0 saturated heterocycles. The van der Waals surface area contributed by atoms with Gasteiger partial charge in [-0.3, -0.25) is 9.59 Å². The second-order valence-corrected chi connectivity index (χ2v) is 10.3. The average molecular weight is 419 g/mol. The van der Waals surface area contributed by atoms with Gasteiger partial charge in [-0.2, -0.15) is 0 Å². The zero-order valence-corrected chi connectivity index (χ0v) is 17.5. The number of rotatable bonds is 5. The van der Waals surface area contributed by atoms with Crippen molar-refractivity contribution in [1.29, 1.82) is 0 Å². The summed E-state index contributed by atoms with van der Waals surface area (Å²) in [5.41, 5.74) is 3.18. The number of nitrogens with one attached hydrogen (secondary N) is 2. The third kappa shape index (κ3) is 4.39. The van der Waals surface area contributed by atoms with Crippen molar-refractivity contribution in [2.75, 3.05) is 16.4 Å². The first-order valence-electron chi connectivity index (χ1n) is 8.88. The van der Waals surface area contributed by atoms with E-state index in [0.717, 1.165) is 16.0 Å². The molecule has 1 atom stereocenters. The predicted molar refractivity (Wildman–Crippen MR) is 112 cm³/mol. The third-order valence-electron chi connectivity index (χ3n) is 4.72. The van der Waals surface area contributed by atoms with Crippen LogP contribution in [0.2, 0.25) is 0 Å². The largest absolute Gasteiger partial charge is 0.326 e. The van der Waals surface area contributed by atoms with Gasteiger partial charge in [-0.1, -0.05) is 12.1 Å². The predicted octanol–water partition coefficient (Wildman–Crippen LogP) is 3.54. The van der Waals surface area contributed by atoms with Crippen LogP contribution in [-0.2, 0) is 19.4 Å². The molecule has 2 aromatic rings. The Bertz CT molecular complexity index is 1050. The number of carbonyl (C=O) groups is 2. The van der Waals surface area contributed by atoms with Gasteiger partial charge < -0.3 is 10.6 Å². The van der Waals surface area contributed by atoms with E-state index in [1.54, 1.807) is 19.1 Å². The molecule has 0 aromatic heterocycles. The van der Waals surface area contributed by atoms with Crippen molar-refractivity contribution in [2.24, 2.45) is 0 Å². The molecule has 0 saturated carbocycles. The maximum Gasteiger partial charge on any atom is 0.237 e. The van der Waals surface area contributed by atoms with Crippen molar-refractivity contribution in [3.8, 4) is 0 Å². The minimum Gasteiger partial charge on any atom is -0.326 e. The number of fused-ring (bicyclic) bond motifs is 1. The van der Waals surface area contributed by atoms with E-state index in [1.165, 1.54) is 23.9 Å². The maximum absolute atomic E-state index is 12.6. The Balaban J connectivity index is 1.69. The number of carbonyl (C=O) groups excluding carboxylic acids is 2. The Morgan fingerprint density at radius 2 is 1.96 bits per heavy atom. The van der Waals surface area contributed by atoms with E-state index in [0.29, 0.717) is 11.4 Å². The first-order valence-corrected chi connectivity index (χ1v) is 11.4. The fourth-order valence-corrected chi connectivity index (χ4v) is 5.02. The van der Waals surface area contributed by atoms with Gasteiger partial charge in [-0.05, 0) is 56.2 Å². The van der Waals surface area contributed by atoms with E-state index in [4.69, 9.17) is 0 Å². The minimum atomic E-state index is -3.65. The molecular formula is C20H22N2O4S2. The number of benzene rings is 2. The van der Waals surface area contributed by atoms with Gasteiger partial charge in [-0.25, -0.2) is 8.42 Å². The van der Waals surface area contributed by atoms with Crippen molar-refractivity contribution >= 4 is 44.8 Å². The normalized spacial score (nSPS) is 16.2. The lowest BCUT2D eigenvalue weighted by Crippen LogP contribution is -2.26. The van der Waals surface area contributed by atoms with Gasteiger partial charge in [0.2, 0.25) is 11.8 Å². The molecule has 148 valence electrons. The Morgan fingerprint density at radius 3 is 2.71 bits per heavy atom. The van der Waals surface area contributed by atoms with Crippen LogP contribution in [0.15, 0.2) is 46.2 Å². The van der Waals surface area contributed by atoms with Gasteiger partial charge in [0, 0.05) is 17.0 Å². The molecule has 1 aliphatic heterocycles. The molecule has 6 nitrogen and oxygen atoms in total. The molecule has 0 aliphatic carbocycles. The van der Waals surface area contributed by atoms with Crippen molar-refractivity contribution in [3.63, 3.8) is 0 Å². The van der Waals surface area contributed by atoms with Crippen LogP contribution in [0.25, 0.3) is 0 Å². The number of amides is 2. The van der Waals surface area contributed by atoms with Crippen LogP contribution < -0.4 is 10.6 Å². The van der Waals surface area contributed by atoms with Crippen molar-refractivity contribution in [3.05, 3.63) is 47.5 Å². The van der Waals surface area contributed by atoms with Crippen LogP contribution in [-0.4, -0.2) is 31.2 Å². The second-order valence-electron chi connectivity index (χ2n) is 6.77. The van der Waals surface area contributed by atoms with Gasteiger partial charge in [-0.15, -0.1) is 11.8 Å². The Kier molecular flexibility index (Phi) is 5.81. The van der Waals surface area contributed by atoms with E-state index in [-0.39, 0.29) is 34.1 Å². The van der Waals surface area contributed by atoms with Crippen molar-refractivity contribution in [2.45, 2.75) is 42.2 Å². The second kappa shape index (κ2) is 7.97. The summed E-state index contributed by atoms with van der Waals surface area (Å²) in [5.74, 6) is -0.812. The maximum atomic E-state index is 12.6. The van der Waals surface area contributed by atoms with Gasteiger partial charge in [0.1, 0.15) is 0 Å². The molecule has 1 aliphatic rings. The lowest BCUT2D eigenvalue weighted by atomic mass is 10.1. The van der Waals surface area contributed by atoms with Crippen molar-refractivity contribution in [1.82, 2.24) is 0 Å². The lowest BCUT2D eigenvalue weighted by Gasteiger charge is -2.21. The standard InChI is InChI=1S/C20H22N2O4S2/c1-12-5-4-6-16(13(12)2)21-19(23)9-10-28(25,26)15-7-8-18-17(11-15)22-20(24)14(3)27-18/h4-8,11,14H,9-10H2,1-3H3,(H,21,23)(H,22,24). The summed E-state index contributed by atoms with van der Waals surface area (Å²) in [6.07, 6.45) is -0.148. The summed E-state index contributed by atoms with van der Waals surface area (Å²) < 4.78 is 25.3. The van der Waals surface area contributed by atoms with Gasteiger partial charge in [0.05, 0.1) is 21.6 Å². The van der Waals surface area contributed by atoms with Crippen LogP contribution in [0, 0.1) is 13.8 Å². The van der Waals surface area contributed by atoms with Crippen LogP contribution in [0.4, 0.5) is 11.4 Å². The highest BCUT2D eigenvalue weighted by Crippen LogP contribution is 2.36. The topological polar surface area (TPSA) is 92.3 Å². The average Bonchev–Trinajstić information content (AvgIpc) is 2.64. The SMILES string of the molecule is Cc1cccc(NC(=O)CCS(=O)(=O)c2ccc3c(c2)NC(=O)C(C)S3)c1C. The highest BCUT2D eigenvalue weighted by molar-refractivity contribution is 8.01. The Morgan fingerprint density at radius 1 is 1.21 bits per heavy atom. The third-order valence-corrected chi connectivity index (χ3v) is 7.61. The molecule has 2 aromatic carbocycles. The molecule has 0 spiro atoms.